The van der Waals surface area contributed by atoms with E-state index in [0.717, 1.165) is 24.8 Å². The van der Waals surface area contributed by atoms with Gasteiger partial charge in [0.25, 0.3) is 11.8 Å². The number of hydrogen-bond acceptors (Lipinski definition) is 7. The highest BCUT2D eigenvalue weighted by Crippen LogP contribution is 2.43. The van der Waals surface area contributed by atoms with Crippen LogP contribution >= 0.6 is 0 Å². The van der Waals surface area contributed by atoms with Crippen LogP contribution in [0.3, 0.4) is 0 Å². The van der Waals surface area contributed by atoms with Gasteiger partial charge < -0.3 is 30.6 Å². The zero-order chi connectivity index (χ0) is 30.8. The number of hydrogen-bond donors (Lipinski definition) is 4. The maximum absolute atomic E-state index is 14.0. The number of aromatic amines is 1. The average Bonchev–Trinajstić information content (AvgIpc) is 3.83. The number of nitrogens with one attached hydrogen (secondary N) is 4. The molecule has 44 heavy (non-hydrogen) atoms. The number of carbonyl (C=O) groups excluding carboxylic acids is 5. The minimum atomic E-state index is -1.22. The monoisotopic (exact) mass is 600 g/mol. The second-order valence-corrected chi connectivity index (χ2v) is 11.8. The van der Waals surface area contributed by atoms with Crippen LogP contribution in [0.1, 0.15) is 48.3 Å². The van der Waals surface area contributed by atoms with Gasteiger partial charge in [-0.15, -0.1) is 0 Å². The first-order valence-corrected chi connectivity index (χ1v) is 15.1. The number of carbonyl (C=O) groups is 5. The molecule has 1 saturated carbocycles. The molecule has 3 unspecified atom stereocenters. The van der Waals surface area contributed by atoms with E-state index in [9.17, 15) is 24.0 Å². The van der Waals surface area contributed by atoms with Crippen LogP contribution in [-0.4, -0.2) is 76.6 Å². The van der Waals surface area contributed by atoms with Gasteiger partial charge in [-0.2, -0.15) is 0 Å². The van der Waals surface area contributed by atoms with Crippen LogP contribution in [0, 0.1) is 17.8 Å². The first kappa shape index (κ1) is 29.3. The van der Waals surface area contributed by atoms with Gasteiger partial charge >= 0.3 is 0 Å². The minimum absolute atomic E-state index is 0.00665. The number of ether oxygens (including phenoxy) is 1. The number of amides is 4. The smallest absolute Gasteiger partial charge is 0.290 e. The maximum Gasteiger partial charge on any atom is 0.290 e. The molecular formula is C32H36N6O6. The van der Waals surface area contributed by atoms with Gasteiger partial charge in [-0.3, -0.25) is 24.0 Å². The van der Waals surface area contributed by atoms with E-state index in [4.69, 9.17) is 4.74 Å². The quantitative estimate of drug-likeness (QED) is 0.258. The third kappa shape index (κ3) is 5.76. The van der Waals surface area contributed by atoms with Crippen LogP contribution in [0.5, 0.6) is 5.75 Å². The summed E-state index contributed by atoms with van der Waals surface area (Å²) in [6, 6.07) is 12.5. The predicted molar refractivity (Wildman–Crippen MR) is 159 cm³/mol. The van der Waals surface area contributed by atoms with Crippen molar-refractivity contribution >= 4 is 40.4 Å². The largest absolute Gasteiger partial charge is 0.494 e. The molecule has 3 heterocycles. The van der Waals surface area contributed by atoms with Crippen LogP contribution in [0.15, 0.2) is 48.5 Å². The van der Waals surface area contributed by atoms with Crippen molar-refractivity contribution in [2.24, 2.45) is 17.8 Å². The van der Waals surface area contributed by atoms with E-state index in [-0.39, 0.29) is 36.5 Å². The lowest BCUT2D eigenvalue weighted by atomic mass is 9.91. The standard InChI is InChI=1S/C32H36N6O6/c1-44-24-12-6-11-22-25(24)37-28(35-22)32(43)38-17-20-9-5-10-21(20)26(38)30(41)36-23(15-19-13-14-33-29(19)40)27(39)31(42)34-16-18-7-3-2-4-8-18/h2-4,6-8,11-12,19-21,23,26H,5,9-10,13-17H2,1H3,(H,33,40)(H,34,42)(H,35,37)(H,36,41)/t19-,20-,21?,23?,26?/m0/s1. The van der Waals surface area contributed by atoms with E-state index in [1.165, 1.54) is 12.0 Å². The van der Waals surface area contributed by atoms with Crippen LogP contribution in [-0.2, 0) is 25.7 Å². The number of fused-ring (bicyclic) bond motifs is 2. The van der Waals surface area contributed by atoms with Gasteiger partial charge in [0.1, 0.15) is 17.3 Å². The molecular weight excluding hydrogens is 564 g/mol. The maximum atomic E-state index is 14.0. The summed E-state index contributed by atoms with van der Waals surface area (Å²) in [4.78, 5) is 75.9. The molecule has 12 heteroatoms. The van der Waals surface area contributed by atoms with Crippen molar-refractivity contribution in [2.45, 2.75) is 50.7 Å². The third-order valence-corrected chi connectivity index (χ3v) is 9.15. The molecule has 3 fully saturated rings. The molecule has 230 valence electrons. The minimum Gasteiger partial charge on any atom is -0.494 e. The van der Waals surface area contributed by atoms with Gasteiger partial charge in [-0.1, -0.05) is 42.8 Å². The molecule has 6 rings (SSSR count). The predicted octanol–water partition coefficient (Wildman–Crippen LogP) is 1.71. The van der Waals surface area contributed by atoms with E-state index in [0.29, 0.717) is 36.3 Å². The lowest BCUT2D eigenvalue weighted by Crippen LogP contribution is -2.55. The molecule has 3 aliphatic rings. The van der Waals surface area contributed by atoms with E-state index in [1.807, 2.05) is 30.3 Å². The fourth-order valence-corrected chi connectivity index (χ4v) is 6.92. The number of Topliss-reactive ketones (excluding diaryl/α,β-unsaturated/α-hetero) is 1. The Hall–Kier alpha value is -4.74. The highest BCUT2D eigenvalue weighted by atomic mass is 16.5. The number of benzene rings is 2. The molecule has 1 aromatic heterocycles. The number of rotatable bonds is 10. The lowest BCUT2D eigenvalue weighted by molar-refractivity contribution is -0.141. The van der Waals surface area contributed by atoms with Gasteiger partial charge in [0.2, 0.25) is 17.6 Å². The van der Waals surface area contributed by atoms with Crippen LogP contribution in [0.2, 0.25) is 0 Å². The molecule has 4 amide bonds. The van der Waals surface area contributed by atoms with Crippen molar-refractivity contribution in [3.63, 3.8) is 0 Å². The van der Waals surface area contributed by atoms with Gasteiger partial charge in [-0.25, -0.2) is 4.98 Å². The Morgan fingerprint density at radius 2 is 1.89 bits per heavy atom. The summed E-state index contributed by atoms with van der Waals surface area (Å²) in [6.45, 7) is 0.999. The van der Waals surface area contributed by atoms with Crippen molar-refractivity contribution in [3.05, 3.63) is 59.9 Å². The molecule has 1 aliphatic carbocycles. The Balaban J connectivity index is 1.23. The van der Waals surface area contributed by atoms with Crippen molar-refractivity contribution in [2.75, 3.05) is 20.2 Å². The molecule has 2 aliphatic heterocycles. The molecule has 0 radical (unpaired) electrons. The molecule has 0 bridgehead atoms. The molecule has 0 spiro atoms. The highest BCUT2D eigenvalue weighted by molar-refractivity contribution is 6.38. The van der Waals surface area contributed by atoms with Crippen molar-refractivity contribution in [1.82, 2.24) is 30.8 Å². The van der Waals surface area contributed by atoms with E-state index >= 15 is 0 Å². The second kappa shape index (κ2) is 12.5. The molecule has 3 aromatic rings. The first-order valence-electron chi connectivity index (χ1n) is 15.1. The van der Waals surface area contributed by atoms with Gasteiger partial charge in [0, 0.05) is 25.6 Å². The topological polar surface area (TPSA) is 163 Å². The van der Waals surface area contributed by atoms with E-state index < -0.39 is 41.5 Å². The van der Waals surface area contributed by atoms with Crippen molar-refractivity contribution < 1.29 is 28.7 Å². The Morgan fingerprint density at radius 1 is 1.07 bits per heavy atom. The summed E-state index contributed by atoms with van der Waals surface area (Å²) >= 11 is 0. The summed E-state index contributed by atoms with van der Waals surface area (Å²) < 4.78 is 5.39. The number of ketones is 1. The average molecular weight is 601 g/mol. The SMILES string of the molecule is COc1cccc2[nH]c(C(=O)N3C[C@@H]4CCCC4C3C(=O)NC(C[C@@H]3CCNC3=O)C(=O)C(=O)NCc3ccccc3)nc12. The Morgan fingerprint density at radius 3 is 2.64 bits per heavy atom. The summed E-state index contributed by atoms with van der Waals surface area (Å²) in [5.41, 5.74) is 1.97. The summed E-state index contributed by atoms with van der Waals surface area (Å²) in [7, 11) is 1.53. The summed E-state index contributed by atoms with van der Waals surface area (Å²) in [5, 5.41) is 8.20. The Labute approximate surface area is 254 Å². The fraction of sp³-hybridized carbons (Fsp3) is 0.438. The van der Waals surface area contributed by atoms with Crippen LogP contribution < -0.4 is 20.7 Å². The molecule has 12 nitrogen and oxygen atoms in total. The number of likely N-dealkylation sites (tertiary alicyclic amines) is 1. The fourth-order valence-electron chi connectivity index (χ4n) is 6.92. The Bertz CT molecular complexity index is 1590. The normalized spacial score (nSPS) is 23.2. The molecule has 4 N–H and O–H groups in total. The zero-order valence-electron chi connectivity index (χ0n) is 24.5. The Kier molecular flexibility index (Phi) is 8.32. The number of methoxy groups -OCH3 is 1. The number of aromatic nitrogens is 2. The lowest BCUT2D eigenvalue weighted by Gasteiger charge is -2.28. The first-order chi connectivity index (χ1) is 21.3. The molecule has 5 atom stereocenters. The number of H-pyrrole nitrogens is 1. The summed E-state index contributed by atoms with van der Waals surface area (Å²) in [6.07, 6.45) is 3.08. The highest BCUT2D eigenvalue weighted by Gasteiger charge is 2.50. The second-order valence-electron chi connectivity index (χ2n) is 11.8. The van der Waals surface area contributed by atoms with Crippen molar-refractivity contribution in [1.29, 1.82) is 0 Å². The summed E-state index contributed by atoms with van der Waals surface area (Å²) in [5.74, 6) is -2.65. The number of para-hydroxylation sites is 1. The molecule has 2 saturated heterocycles. The molecule has 2 aromatic carbocycles. The zero-order valence-corrected chi connectivity index (χ0v) is 24.5. The van der Waals surface area contributed by atoms with Gasteiger partial charge in [-0.05, 0) is 55.2 Å². The van der Waals surface area contributed by atoms with Crippen molar-refractivity contribution in [3.8, 4) is 5.75 Å². The number of imidazole rings is 1. The van der Waals surface area contributed by atoms with E-state index in [1.54, 1.807) is 18.2 Å². The van der Waals surface area contributed by atoms with Gasteiger partial charge in [0.15, 0.2) is 5.82 Å². The van der Waals surface area contributed by atoms with E-state index in [2.05, 4.69) is 25.9 Å². The third-order valence-electron chi connectivity index (χ3n) is 9.15. The van der Waals surface area contributed by atoms with Crippen LogP contribution in [0.25, 0.3) is 11.0 Å². The van der Waals surface area contributed by atoms with Gasteiger partial charge in [0.05, 0.1) is 18.7 Å². The number of nitrogens with zero attached hydrogens (tertiary/aromatic N) is 2. The van der Waals surface area contributed by atoms with Crippen LogP contribution in [0.4, 0.5) is 0 Å².